The van der Waals surface area contributed by atoms with E-state index in [9.17, 15) is 4.79 Å². The molecule has 1 saturated carbocycles. The minimum absolute atomic E-state index is 0.121. The van der Waals surface area contributed by atoms with E-state index in [2.05, 4.69) is 10.3 Å². The summed E-state index contributed by atoms with van der Waals surface area (Å²) in [6.45, 7) is 0.731. The van der Waals surface area contributed by atoms with Gasteiger partial charge in [0, 0.05) is 18.9 Å². The molecule has 1 aromatic rings. The molecule has 0 radical (unpaired) electrons. The number of nitrogens with one attached hydrogen (secondary N) is 1. The Bertz CT molecular complexity index is 403. The van der Waals surface area contributed by atoms with E-state index in [0.29, 0.717) is 10.6 Å². The largest absolute Gasteiger partial charge is 0.352 e. The van der Waals surface area contributed by atoms with Crippen molar-refractivity contribution >= 4 is 17.5 Å². The average molecular weight is 267 g/mol. The van der Waals surface area contributed by atoms with E-state index < -0.39 is 0 Å². The van der Waals surface area contributed by atoms with Gasteiger partial charge in [-0.15, -0.1) is 0 Å². The van der Waals surface area contributed by atoms with Gasteiger partial charge in [-0.1, -0.05) is 43.7 Å². The molecule has 4 heteroatoms. The molecule has 1 amide bonds. The van der Waals surface area contributed by atoms with Gasteiger partial charge in [0.1, 0.15) is 0 Å². The van der Waals surface area contributed by atoms with Crippen molar-refractivity contribution in [2.24, 2.45) is 5.92 Å². The highest BCUT2D eigenvalue weighted by Gasteiger charge is 2.14. The molecule has 3 nitrogen and oxygen atoms in total. The average Bonchev–Trinajstić information content (AvgIpc) is 2.40. The molecule has 2 rings (SSSR count). The topological polar surface area (TPSA) is 42.0 Å². The SMILES string of the molecule is O=C(NCCC1CCCCC1)c1cnccc1Cl. The standard InChI is InChI=1S/C14H19ClN2O/c15-13-7-8-16-10-12(13)14(18)17-9-6-11-4-2-1-3-5-11/h7-8,10-11H,1-6,9H2,(H,17,18). The zero-order valence-electron chi connectivity index (χ0n) is 10.5. The van der Waals surface area contributed by atoms with Gasteiger partial charge in [0.05, 0.1) is 10.6 Å². The van der Waals surface area contributed by atoms with Crippen molar-refractivity contribution in [3.8, 4) is 0 Å². The summed E-state index contributed by atoms with van der Waals surface area (Å²) < 4.78 is 0. The Labute approximate surface area is 113 Å². The van der Waals surface area contributed by atoms with Crippen LogP contribution in [-0.2, 0) is 0 Å². The fourth-order valence-electron chi connectivity index (χ4n) is 2.51. The molecule has 1 N–H and O–H groups in total. The van der Waals surface area contributed by atoms with E-state index in [1.165, 1.54) is 38.3 Å². The minimum Gasteiger partial charge on any atom is -0.352 e. The lowest BCUT2D eigenvalue weighted by Crippen LogP contribution is -2.26. The first kappa shape index (κ1) is 13.3. The van der Waals surface area contributed by atoms with E-state index in [1.807, 2.05) is 0 Å². The van der Waals surface area contributed by atoms with Gasteiger partial charge in [-0.05, 0) is 18.4 Å². The van der Waals surface area contributed by atoms with Crippen molar-refractivity contribution in [2.75, 3.05) is 6.54 Å². The Morgan fingerprint density at radius 1 is 1.39 bits per heavy atom. The number of rotatable bonds is 4. The fraction of sp³-hybridized carbons (Fsp3) is 0.571. The van der Waals surface area contributed by atoms with Crippen molar-refractivity contribution in [1.29, 1.82) is 0 Å². The second-order valence-electron chi connectivity index (χ2n) is 4.90. The summed E-state index contributed by atoms with van der Waals surface area (Å²) in [4.78, 5) is 15.8. The summed E-state index contributed by atoms with van der Waals surface area (Å²) in [5.74, 6) is 0.660. The predicted octanol–water partition coefficient (Wildman–Crippen LogP) is 3.44. The van der Waals surface area contributed by atoms with Crippen molar-refractivity contribution in [3.63, 3.8) is 0 Å². The molecule has 1 aromatic heterocycles. The van der Waals surface area contributed by atoms with Crippen LogP contribution in [0.3, 0.4) is 0 Å². The van der Waals surface area contributed by atoms with Crippen molar-refractivity contribution in [3.05, 3.63) is 29.0 Å². The maximum Gasteiger partial charge on any atom is 0.254 e. The Morgan fingerprint density at radius 3 is 2.89 bits per heavy atom. The summed E-state index contributed by atoms with van der Waals surface area (Å²) in [6, 6.07) is 1.64. The number of carbonyl (C=O) groups is 1. The van der Waals surface area contributed by atoms with Crippen LogP contribution in [0.15, 0.2) is 18.5 Å². The molecular weight excluding hydrogens is 248 g/mol. The molecule has 98 valence electrons. The molecular formula is C14H19ClN2O. The normalized spacial score (nSPS) is 16.5. The first-order valence-electron chi connectivity index (χ1n) is 6.65. The molecule has 0 aliphatic heterocycles. The molecule has 0 aromatic carbocycles. The van der Waals surface area contributed by atoms with Crippen LogP contribution in [-0.4, -0.2) is 17.4 Å². The Morgan fingerprint density at radius 2 is 2.17 bits per heavy atom. The smallest absolute Gasteiger partial charge is 0.254 e. The van der Waals surface area contributed by atoms with Crippen LogP contribution in [0.4, 0.5) is 0 Å². The summed E-state index contributed by atoms with van der Waals surface area (Å²) in [5.41, 5.74) is 0.461. The van der Waals surface area contributed by atoms with Gasteiger partial charge >= 0.3 is 0 Å². The fourth-order valence-corrected chi connectivity index (χ4v) is 2.70. The molecule has 0 unspecified atom stereocenters. The number of nitrogens with zero attached hydrogens (tertiary/aromatic N) is 1. The number of hydrogen-bond donors (Lipinski definition) is 1. The number of hydrogen-bond acceptors (Lipinski definition) is 2. The maximum absolute atomic E-state index is 11.9. The van der Waals surface area contributed by atoms with E-state index >= 15 is 0 Å². The summed E-state index contributed by atoms with van der Waals surface area (Å²) in [5, 5.41) is 3.38. The number of aromatic nitrogens is 1. The molecule has 18 heavy (non-hydrogen) atoms. The second-order valence-corrected chi connectivity index (χ2v) is 5.31. The first-order chi connectivity index (χ1) is 8.77. The summed E-state index contributed by atoms with van der Waals surface area (Å²) in [6.07, 6.45) is 10.8. The highest BCUT2D eigenvalue weighted by Crippen LogP contribution is 2.25. The predicted molar refractivity (Wildman–Crippen MR) is 72.8 cm³/mol. The van der Waals surface area contributed by atoms with Crippen LogP contribution in [0.5, 0.6) is 0 Å². The van der Waals surface area contributed by atoms with E-state index in [0.717, 1.165) is 18.9 Å². The quantitative estimate of drug-likeness (QED) is 0.907. The lowest BCUT2D eigenvalue weighted by molar-refractivity contribution is 0.0950. The first-order valence-corrected chi connectivity index (χ1v) is 7.03. The Balaban J connectivity index is 1.76. The number of carbonyl (C=O) groups excluding carboxylic acids is 1. The van der Waals surface area contributed by atoms with Crippen LogP contribution < -0.4 is 5.32 Å². The molecule has 1 fully saturated rings. The number of amides is 1. The van der Waals surface area contributed by atoms with Crippen molar-refractivity contribution in [1.82, 2.24) is 10.3 Å². The second kappa shape index (κ2) is 6.74. The molecule has 0 saturated heterocycles. The van der Waals surface area contributed by atoms with Gasteiger partial charge in [0.25, 0.3) is 5.91 Å². The van der Waals surface area contributed by atoms with Crippen LogP contribution in [0.25, 0.3) is 0 Å². The zero-order valence-corrected chi connectivity index (χ0v) is 11.2. The third-order valence-corrected chi connectivity index (χ3v) is 3.90. The third-order valence-electron chi connectivity index (χ3n) is 3.58. The van der Waals surface area contributed by atoms with Gasteiger partial charge in [-0.2, -0.15) is 0 Å². The van der Waals surface area contributed by atoms with Crippen molar-refractivity contribution in [2.45, 2.75) is 38.5 Å². The monoisotopic (exact) mass is 266 g/mol. The number of halogens is 1. The van der Waals surface area contributed by atoms with Gasteiger partial charge in [-0.25, -0.2) is 0 Å². The van der Waals surface area contributed by atoms with Crippen LogP contribution in [0, 0.1) is 5.92 Å². The maximum atomic E-state index is 11.9. The zero-order chi connectivity index (χ0) is 12.8. The molecule has 1 aliphatic rings. The Kier molecular flexibility index (Phi) is 5.00. The van der Waals surface area contributed by atoms with Gasteiger partial charge in [0.2, 0.25) is 0 Å². The summed E-state index contributed by atoms with van der Waals surface area (Å²) in [7, 11) is 0. The molecule has 1 heterocycles. The van der Waals surface area contributed by atoms with E-state index in [-0.39, 0.29) is 5.91 Å². The molecule has 0 spiro atoms. The lowest BCUT2D eigenvalue weighted by atomic mass is 9.87. The Hall–Kier alpha value is -1.09. The van der Waals surface area contributed by atoms with Gasteiger partial charge in [-0.3, -0.25) is 9.78 Å². The van der Waals surface area contributed by atoms with Crippen LogP contribution in [0.1, 0.15) is 48.9 Å². The molecule has 0 atom stereocenters. The van der Waals surface area contributed by atoms with Crippen LogP contribution >= 0.6 is 11.6 Å². The van der Waals surface area contributed by atoms with Crippen LogP contribution in [0.2, 0.25) is 5.02 Å². The third kappa shape index (κ3) is 3.70. The summed E-state index contributed by atoms with van der Waals surface area (Å²) >= 11 is 5.95. The highest BCUT2D eigenvalue weighted by atomic mass is 35.5. The van der Waals surface area contributed by atoms with Crippen molar-refractivity contribution < 1.29 is 4.79 Å². The highest BCUT2D eigenvalue weighted by molar-refractivity contribution is 6.33. The van der Waals surface area contributed by atoms with Gasteiger partial charge < -0.3 is 5.32 Å². The molecule has 1 aliphatic carbocycles. The molecule has 0 bridgehead atoms. The van der Waals surface area contributed by atoms with E-state index in [1.54, 1.807) is 12.3 Å². The van der Waals surface area contributed by atoms with E-state index in [4.69, 9.17) is 11.6 Å². The minimum atomic E-state index is -0.121. The lowest BCUT2D eigenvalue weighted by Gasteiger charge is -2.21. The number of pyridine rings is 1. The van der Waals surface area contributed by atoms with Gasteiger partial charge in [0.15, 0.2) is 0 Å².